The zero-order chi connectivity index (χ0) is 22.5. The van der Waals surface area contributed by atoms with Crippen LogP contribution in [0, 0.1) is 13.8 Å². The number of imide groups is 1. The van der Waals surface area contributed by atoms with Gasteiger partial charge in [0.05, 0.1) is 17.9 Å². The molecule has 9 heteroatoms. The maximum absolute atomic E-state index is 12.7. The van der Waals surface area contributed by atoms with E-state index in [2.05, 4.69) is 10.3 Å². The van der Waals surface area contributed by atoms with E-state index >= 15 is 0 Å². The Kier molecular flexibility index (Phi) is 6.86. The van der Waals surface area contributed by atoms with E-state index in [0.29, 0.717) is 47.5 Å². The summed E-state index contributed by atoms with van der Waals surface area (Å²) in [7, 11) is 1.51. The van der Waals surface area contributed by atoms with Crippen molar-refractivity contribution >= 4 is 35.1 Å². The summed E-state index contributed by atoms with van der Waals surface area (Å²) in [6.07, 6.45) is 1.25. The number of nitrogens with one attached hydrogen (secondary N) is 2. The average Bonchev–Trinajstić information content (AvgIpc) is 3.03. The number of hydrogen-bond donors (Lipinski definition) is 2. The highest BCUT2D eigenvalue weighted by atomic mass is 16.6. The molecule has 0 saturated carbocycles. The van der Waals surface area contributed by atoms with Gasteiger partial charge in [0.15, 0.2) is 0 Å². The summed E-state index contributed by atoms with van der Waals surface area (Å²) < 4.78 is 10.0. The first-order valence-corrected chi connectivity index (χ1v) is 9.96. The number of amides is 3. The molecule has 1 aromatic heterocycles. The van der Waals surface area contributed by atoms with Crippen molar-refractivity contribution in [3.8, 4) is 0 Å². The molecule has 2 aromatic rings. The molecule has 2 heterocycles. The van der Waals surface area contributed by atoms with Crippen LogP contribution in [0.15, 0.2) is 24.3 Å². The van der Waals surface area contributed by atoms with Gasteiger partial charge in [-0.15, -0.1) is 0 Å². The van der Waals surface area contributed by atoms with Gasteiger partial charge in [0, 0.05) is 31.3 Å². The predicted molar refractivity (Wildman–Crippen MR) is 113 cm³/mol. The summed E-state index contributed by atoms with van der Waals surface area (Å²) >= 11 is 0. The van der Waals surface area contributed by atoms with Crippen molar-refractivity contribution in [1.29, 1.82) is 0 Å². The monoisotopic (exact) mass is 427 g/mol. The van der Waals surface area contributed by atoms with Gasteiger partial charge in [0.1, 0.15) is 12.3 Å². The van der Waals surface area contributed by atoms with Crippen LogP contribution in [0.25, 0.3) is 0 Å². The van der Waals surface area contributed by atoms with Gasteiger partial charge in [-0.25, -0.2) is 4.79 Å². The van der Waals surface area contributed by atoms with Gasteiger partial charge in [-0.2, -0.15) is 0 Å². The third-order valence-electron chi connectivity index (χ3n) is 5.05. The Hall–Kier alpha value is -3.46. The zero-order valence-corrected chi connectivity index (χ0v) is 17.7. The van der Waals surface area contributed by atoms with E-state index in [0.717, 1.165) is 0 Å². The van der Waals surface area contributed by atoms with E-state index in [1.165, 1.54) is 12.0 Å². The molecule has 164 valence electrons. The van der Waals surface area contributed by atoms with Crippen LogP contribution in [-0.4, -0.2) is 49.0 Å². The van der Waals surface area contributed by atoms with Crippen molar-refractivity contribution in [1.82, 2.24) is 4.98 Å². The lowest BCUT2D eigenvalue weighted by molar-refractivity contribution is -0.129. The molecule has 1 aliphatic rings. The van der Waals surface area contributed by atoms with Crippen molar-refractivity contribution in [2.75, 3.05) is 30.5 Å². The second-order valence-electron chi connectivity index (χ2n) is 7.23. The first-order chi connectivity index (χ1) is 14.8. The van der Waals surface area contributed by atoms with E-state index in [-0.39, 0.29) is 30.7 Å². The number of aryl methyl sites for hydroxylation is 1. The molecule has 0 aliphatic carbocycles. The Labute approximate surface area is 179 Å². The lowest BCUT2D eigenvalue weighted by Gasteiger charge is -2.24. The SMILES string of the molecule is COCCOC(=O)c1c(C)[nH]c(C(=O)Nc2ccc(N3C(=O)CCCC3=O)cc2)c1C. The van der Waals surface area contributed by atoms with Crippen molar-refractivity contribution < 1.29 is 28.7 Å². The lowest BCUT2D eigenvalue weighted by atomic mass is 10.1. The molecule has 3 rings (SSSR count). The summed E-state index contributed by atoms with van der Waals surface area (Å²) in [6, 6.07) is 6.46. The molecule has 9 nitrogen and oxygen atoms in total. The van der Waals surface area contributed by atoms with E-state index < -0.39 is 11.9 Å². The van der Waals surface area contributed by atoms with E-state index in [4.69, 9.17) is 9.47 Å². The van der Waals surface area contributed by atoms with E-state index in [1.54, 1.807) is 38.1 Å². The fraction of sp³-hybridized carbons (Fsp3) is 0.364. The molecule has 31 heavy (non-hydrogen) atoms. The van der Waals surface area contributed by atoms with Gasteiger partial charge in [-0.1, -0.05) is 0 Å². The standard InChI is InChI=1S/C22H25N3O6/c1-13-19(22(29)31-12-11-30-3)14(2)23-20(13)21(28)24-15-7-9-16(10-8-15)25-17(26)5-4-6-18(25)27/h7-10,23H,4-6,11-12H2,1-3H3,(H,24,28). The Bertz CT molecular complexity index is 993. The molecule has 0 bridgehead atoms. The molecule has 1 fully saturated rings. The van der Waals surface area contributed by atoms with Gasteiger partial charge >= 0.3 is 5.97 Å². The summed E-state index contributed by atoms with van der Waals surface area (Å²) in [5.41, 5.74) is 2.55. The van der Waals surface area contributed by atoms with E-state index in [9.17, 15) is 19.2 Å². The Morgan fingerprint density at radius 1 is 1.06 bits per heavy atom. The quantitative estimate of drug-likeness (QED) is 0.399. The number of carbonyl (C=O) groups excluding carboxylic acids is 4. The number of aromatic amines is 1. The van der Waals surface area contributed by atoms with Crippen LogP contribution in [0.1, 0.15) is 51.4 Å². The number of ether oxygens (including phenoxy) is 2. The third-order valence-corrected chi connectivity index (χ3v) is 5.05. The topological polar surface area (TPSA) is 118 Å². The second-order valence-corrected chi connectivity index (χ2v) is 7.23. The van der Waals surface area contributed by atoms with Gasteiger partial charge in [0.25, 0.3) is 5.91 Å². The third kappa shape index (κ3) is 4.83. The smallest absolute Gasteiger partial charge is 0.340 e. The van der Waals surface area contributed by atoms with Crippen LogP contribution in [0.5, 0.6) is 0 Å². The Balaban J connectivity index is 1.72. The number of benzene rings is 1. The highest BCUT2D eigenvalue weighted by Gasteiger charge is 2.27. The lowest BCUT2D eigenvalue weighted by Crippen LogP contribution is -2.40. The molecule has 0 atom stereocenters. The van der Waals surface area contributed by atoms with Crippen LogP contribution < -0.4 is 10.2 Å². The van der Waals surface area contributed by atoms with Crippen LogP contribution in [-0.2, 0) is 19.1 Å². The predicted octanol–water partition coefficient (Wildman–Crippen LogP) is 2.73. The molecular formula is C22H25N3O6. The first-order valence-electron chi connectivity index (χ1n) is 9.96. The molecular weight excluding hydrogens is 402 g/mol. The average molecular weight is 427 g/mol. The summed E-state index contributed by atoms with van der Waals surface area (Å²) in [5, 5.41) is 2.75. The highest BCUT2D eigenvalue weighted by Crippen LogP contribution is 2.25. The number of anilines is 2. The molecule has 1 aromatic carbocycles. The Morgan fingerprint density at radius 3 is 2.32 bits per heavy atom. The molecule has 0 spiro atoms. The number of H-pyrrole nitrogens is 1. The molecule has 0 unspecified atom stereocenters. The zero-order valence-electron chi connectivity index (χ0n) is 17.7. The molecule has 1 aliphatic heterocycles. The number of carbonyl (C=O) groups is 4. The van der Waals surface area contributed by atoms with Crippen LogP contribution >= 0.6 is 0 Å². The largest absolute Gasteiger partial charge is 0.460 e. The molecule has 1 saturated heterocycles. The maximum Gasteiger partial charge on any atom is 0.340 e. The van der Waals surface area contributed by atoms with Gasteiger partial charge in [0.2, 0.25) is 11.8 Å². The molecule has 2 N–H and O–H groups in total. The van der Waals surface area contributed by atoms with Crippen molar-refractivity contribution in [2.45, 2.75) is 33.1 Å². The van der Waals surface area contributed by atoms with Crippen molar-refractivity contribution in [2.24, 2.45) is 0 Å². The number of rotatable bonds is 7. The van der Waals surface area contributed by atoms with Gasteiger partial charge in [-0.05, 0) is 50.1 Å². The highest BCUT2D eigenvalue weighted by molar-refractivity contribution is 6.16. The minimum atomic E-state index is -0.525. The Morgan fingerprint density at radius 2 is 1.71 bits per heavy atom. The second kappa shape index (κ2) is 9.57. The first kappa shape index (κ1) is 22.2. The maximum atomic E-state index is 12.7. The fourth-order valence-electron chi connectivity index (χ4n) is 3.50. The summed E-state index contributed by atoms with van der Waals surface area (Å²) in [4.78, 5) is 53.3. The van der Waals surface area contributed by atoms with E-state index in [1.807, 2.05) is 0 Å². The number of aromatic nitrogens is 1. The number of nitrogens with zero attached hydrogens (tertiary/aromatic N) is 1. The molecule has 0 radical (unpaired) electrons. The summed E-state index contributed by atoms with van der Waals surface area (Å²) in [6.45, 7) is 3.77. The summed E-state index contributed by atoms with van der Waals surface area (Å²) in [5.74, 6) is -1.40. The minimum absolute atomic E-state index is 0.120. The number of methoxy groups -OCH3 is 1. The van der Waals surface area contributed by atoms with Crippen LogP contribution in [0.4, 0.5) is 11.4 Å². The van der Waals surface area contributed by atoms with Crippen LogP contribution in [0.3, 0.4) is 0 Å². The van der Waals surface area contributed by atoms with Crippen molar-refractivity contribution in [3.05, 3.63) is 46.8 Å². The number of piperidine rings is 1. The van der Waals surface area contributed by atoms with Crippen molar-refractivity contribution in [3.63, 3.8) is 0 Å². The van der Waals surface area contributed by atoms with Gasteiger partial charge < -0.3 is 19.8 Å². The normalized spacial score (nSPS) is 14.0. The van der Waals surface area contributed by atoms with Gasteiger partial charge in [-0.3, -0.25) is 19.3 Å². The molecule has 3 amide bonds. The number of hydrogen-bond acceptors (Lipinski definition) is 6. The number of esters is 1. The van der Waals surface area contributed by atoms with Crippen LogP contribution in [0.2, 0.25) is 0 Å². The minimum Gasteiger partial charge on any atom is -0.460 e. The fourth-order valence-corrected chi connectivity index (χ4v) is 3.50.